The van der Waals surface area contributed by atoms with Crippen molar-refractivity contribution in [2.75, 3.05) is 11.9 Å². The normalized spacial score (nSPS) is 20.0. The van der Waals surface area contributed by atoms with Gasteiger partial charge in [-0.05, 0) is 18.6 Å². The van der Waals surface area contributed by atoms with E-state index in [1.807, 2.05) is 0 Å². The summed E-state index contributed by atoms with van der Waals surface area (Å²) in [6.07, 6.45) is -3.31. The third-order valence-corrected chi connectivity index (χ3v) is 4.23. The molecule has 1 amide bonds. The second-order valence-corrected chi connectivity index (χ2v) is 6.39. The molecule has 0 saturated carbocycles. The lowest BCUT2D eigenvalue weighted by molar-refractivity contribution is -0.185. The number of nitrogens with one attached hydrogen (secondary N) is 1. The standard InChI is InChI=1S/C18H16ClF3N4O/c1-2-10-26-15(12-6-4-3-5-7-12)25-17(16(26)27,18(20,21)22)24-14-9-8-13(19)11-23-14/h3-9,11H,2,10H2,1H3,(H,23,24). The van der Waals surface area contributed by atoms with Crippen LogP contribution in [0.4, 0.5) is 19.0 Å². The predicted octanol–water partition coefficient (Wildman–Crippen LogP) is 4.10. The largest absolute Gasteiger partial charge is 0.442 e. The van der Waals surface area contributed by atoms with Crippen molar-refractivity contribution in [1.29, 1.82) is 0 Å². The molecule has 1 unspecified atom stereocenters. The average molecular weight is 397 g/mol. The third-order valence-electron chi connectivity index (χ3n) is 4.01. The number of aromatic nitrogens is 1. The van der Waals surface area contributed by atoms with Crippen LogP contribution in [-0.4, -0.2) is 40.0 Å². The van der Waals surface area contributed by atoms with Gasteiger partial charge < -0.3 is 5.32 Å². The Kier molecular flexibility index (Phi) is 5.10. The van der Waals surface area contributed by atoms with E-state index in [-0.39, 0.29) is 23.2 Å². The fraction of sp³-hybridized carbons (Fsp3) is 0.278. The van der Waals surface area contributed by atoms with Gasteiger partial charge in [0.2, 0.25) is 0 Å². The molecule has 2 aromatic rings. The first kappa shape index (κ1) is 19.2. The van der Waals surface area contributed by atoms with Gasteiger partial charge in [-0.2, -0.15) is 13.2 Å². The summed E-state index contributed by atoms with van der Waals surface area (Å²) in [5.74, 6) is -1.37. The number of nitrogens with zero attached hydrogens (tertiary/aromatic N) is 3. The molecule has 1 aromatic carbocycles. The first-order valence-corrected chi connectivity index (χ1v) is 8.60. The Bertz CT molecular complexity index is 855. The van der Waals surface area contributed by atoms with Crippen molar-refractivity contribution in [2.24, 2.45) is 4.99 Å². The lowest BCUT2D eigenvalue weighted by Crippen LogP contribution is -2.58. The zero-order valence-electron chi connectivity index (χ0n) is 14.3. The third kappa shape index (κ3) is 3.49. The van der Waals surface area contributed by atoms with Crippen molar-refractivity contribution in [3.8, 4) is 0 Å². The summed E-state index contributed by atoms with van der Waals surface area (Å²) in [6.45, 7) is 1.89. The number of rotatable bonds is 5. The number of amidine groups is 1. The van der Waals surface area contributed by atoms with Crippen LogP contribution in [0.25, 0.3) is 0 Å². The number of aliphatic imine (C=N–C) groups is 1. The Hall–Kier alpha value is -2.61. The van der Waals surface area contributed by atoms with Crippen molar-refractivity contribution in [1.82, 2.24) is 9.88 Å². The van der Waals surface area contributed by atoms with E-state index in [0.29, 0.717) is 12.0 Å². The Morgan fingerprint density at radius 1 is 1.19 bits per heavy atom. The number of pyridine rings is 1. The number of benzene rings is 1. The summed E-state index contributed by atoms with van der Waals surface area (Å²) in [7, 11) is 0. The lowest BCUT2D eigenvalue weighted by Gasteiger charge is -2.29. The molecule has 5 nitrogen and oxygen atoms in total. The molecule has 0 bridgehead atoms. The fourth-order valence-corrected chi connectivity index (χ4v) is 2.88. The second kappa shape index (κ2) is 7.19. The molecule has 27 heavy (non-hydrogen) atoms. The Morgan fingerprint density at radius 3 is 2.44 bits per heavy atom. The van der Waals surface area contributed by atoms with Crippen molar-refractivity contribution >= 4 is 29.2 Å². The molecule has 0 aliphatic carbocycles. The predicted molar refractivity (Wildman–Crippen MR) is 96.6 cm³/mol. The summed E-state index contributed by atoms with van der Waals surface area (Å²) >= 11 is 5.73. The molecule has 0 fully saturated rings. The summed E-state index contributed by atoms with van der Waals surface area (Å²) in [5.41, 5.74) is -2.72. The Morgan fingerprint density at radius 2 is 1.89 bits per heavy atom. The molecule has 0 radical (unpaired) electrons. The van der Waals surface area contributed by atoms with Crippen LogP contribution >= 0.6 is 11.6 Å². The van der Waals surface area contributed by atoms with E-state index in [9.17, 15) is 18.0 Å². The van der Waals surface area contributed by atoms with Gasteiger partial charge in [-0.25, -0.2) is 9.98 Å². The summed E-state index contributed by atoms with van der Waals surface area (Å²) in [5, 5.41) is 2.45. The van der Waals surface area contributed by atoms with Gasteiger partial charge in [0.15, 0.2) is 0 Å². The number of carbonyl (C=O) groups excluding carboxylic acids is 1. The van der Waals surface area contributed by atoms with Crippen LogP contribution in [0.15, 0.2) is 53.7 Å². The molecule has 142 valence electrons. The van der Waals surface area contributed by atoms with Crippen LogP contribution in [-0.2, 0) is 4.79 Å². The molecular weight excluding hydrogens is 381 g/mol. The van der Waals surface area contributed by atoms with Crippen molar-refractivity contribution in [2.45, 2.75) is 25.2 Å². The minimum atomic E-state index is -4.98. The minimum absolute atomic E-state index is 0.0266. The van der Waals surface area contributed by atoms with E-state index in [2.05, 4.69) is 15.3 Å². The maximum atomic E-state index is 14.1. The summed E-state index contributed by atoms with van der Waals surface area (Å²) in [4.78, 5) is 21.6. The fourth-order valence-electron chi connectivity index (χ4n) is 2.77. The van der Waals surface area contributed by atoms with E-state index in [0.717, 1.165) is 4.90 Å². The average Bonchev–Trinajstić information content (AvgIpc) is 2.92. The smallest absolute Gasteiger partial charge is 0.331 e. The van der Waals surface area contributed by atoms with E-state index >= 15 is 0 Å². The number of anilines is 1. The van der Waals surface area contributed by atoms with Crippen LogP contribution in [0.5, 0.6) is 0 Å². The first-order chi connectivity index (χ1) is 12.8. The van der Waals surface area contributed by atoms with Crippen LogP contribution in [0.2, 0.25) is 5.02 Å². The highest BCUT2D eigenvalue weighted by atomic mass is 35.5. The number of hydrogen-bond acceptors (Lipinski definition) is 4. The number of halogens is 4. The lowest BCUT2D eigenvalue weighted by atomic mass is 10.1. The maximum absolute atomic E-state index is 14.1. The zero-order valence-corrected chi connectivity index (χ0v) is 15.1. The quantitative estimate of drug-likeness (QED) is 0.827. The molecule has 1 N–H and O–H groups in total. The summed E-state index contributed by atoms with van der Waals surface area (Å²) in [6, 6.07) is 11.0. The first-order valence-electron chi connectivity index (χ1n) is 8.22. The molecule has 3 rings (SSSR count). The Labute approximate surface area is 158 Å². The number of hydrogen-bond donors (Lipinski definition) is 1. The molecule has 1 aliphatic heterocycles. The van der Waals surface area contributed by atoms with E-state index in [4.69, 9.17) is 11.6 Å². The van der Waals surface area contributed by atoms with Crippen molar-refractivity contribution in [3.05, 3.63) is 59.2 Å². The minimum Gasteiger partial charge on any atom is -0.331 e. The molecule has 9 heteroatoms. The van der Waals surface area contributed by atoms with Crippen LogP contribution in [0.1, 0.15) is 18.9 Å². The molecule has 1 aromatic heterocycles. The van der Waals surface area contributed by atoms with Gasteiger partial charge >= 0.3 is 11.8 Å². The Balaban J connectivity index is 2.12. The van der Waals surface area contributed by atoms with Crippen LogP contribution in [0, 0.1) is 0 Å². The van der Waals surface area contributed by atoms with Crippen molar-refractivity contribution < 1.29 is 18.0 Å². The van der Waals surface area contributed by atoms with Gasteiger partial charge in [0.05, 0.1) is 5.02 Å². The number of alkyl halides is 3. The molecule has 2 heterocycles. The van der Waals surface area contributed by atoms with Gasteiger partial charge in [0, 0.05) is 18.3 Å². The highest BCUT2D eigenvalue weighted by Crippen LogP contribution is 2.40. The zero-order chi connectivity index (χ0) is 19.7. The van der Waals surface area contributed by atoms with Crippen molar-refractivity contribution in [3.63, 3.8) is 0 Å². The van der Waals surface area contributed by atoms with Gasteiger partial charge in [-0.1, -0.05) is 48.9 Å². The molecule has 0 spiro atoms. The van der Waals surface area contributed by atoms with Crippen LogP contribution in [0.3, 0.4) is 0 Å². The maximum Gasteiger partial charge on any atom is 0.442 e. The monoisotopic (exact) mass is 396 g/mol. The molecule has 1 aliphatic rings. The van der Waals surface area contributed by atoms with E-state index in [1.54, 1.807) is 37.3 Å². The number of amides is 1. The second-order valence-electron chi connectivity index (χ2n) is 5.95. The topological polar surface area (TPSA) is 57.6 Å². The van der Waals surface area contributed by atoms with E-state index in [1.165, 1.54) is 18.3 Å². The van der Waals surface area contributed by atoms with Gasteiger partial charge in [-0.3, -0.25) is 9.69 Å². The van der Waals surface area contributed by atoms with E-state index < -0.39 is 17.7 Å². The highest BCUT2D eigenvalue weighted by Gasteiger charge is 2.66. The molecule has 1 atom stereocenters. The number of carbonyl (C=O) groups is 1. The highest BCUT2D eigenvalue weighted by molar-refractivity contribution is 6.30. The van der Waals surface area contributed by atoms with Gasteiger partial charge in [-0.15, -0.1) is 0 Å². The van der Waals surface area contributed by atoms with Gasteiger partial charge in [0.1, 0.15) is 11.7 Å². The SMILES string of the molecule is CCCN1C(=O)C(Nc2ccc(Cl)cn2)(C(F)(F)F)N=C1c1ccccc1. The molecule has 0 saturated heterocycles. The van der Waals surface area contributed by atoms with Crippen LogP contribution < -0.4 is 5.32 Å². The molecular formula is C18H16ClF3N4O. The summed E-state index contributed by atoms with van der Waals surface area (Å²) < 4.78 is 42.2. The van der Waals surface area contributed by atoms with Gasteiger partial charge in [0.25, 0.3) is 5.91 Å².